The van der Waals surface area contributed by atoms with Gasteiger partial charge in [0.05, 0.1) is 6.61 Å². The Labute approximate surface area is 168 Å². The molecule has 1 aromatic carbocycles. The highest BCUT2D eigenvalue weighted by Crippen LogP contribution is 2.19. The molecule has 1 unspecified atom stereocenters. The standard InChI is InChI=1S/C22H33N3O3/c26-21(28-17-8-7-12-18-10-3-1-4-11-18)20-15-9-16-23-25(20)22(27)24-19-13-5-2-6-14-19/h1,3-4,10-11,19-20,23H,2,5-9,12-17H2,(H,24,27). The Kier molecular flexibility index (Phi) is 8.15. The molecule has 0 bridgehead atoms. The van der Waals surface area contributed by atoms with Gasteiger partial charge in [-0.25, -0.2) is 20.0 Å². The molecule has 1 saturated heterocycles. The number of unbranched alkanes of at least 4 members (excludes halogenated alkanes) is 1. The van der Waals surface area contributed by atoms with Gasteiger partial charge in [-0.15, -0.1) is 0 Å². The van der Waals surface area contributed by atoms with E-state index in [0.717, 1.165) is 51.4 Å². The second kappa shape index (κ2) is 11.1. The van der Waals surface area contributed by atoms with Crippen molar-refractivity contribution in [3.63, 3.8) is 0 Å². The Morgan fingerprint density at radius 3 is 2.61 bits per heavy atom. The van der Waals surface area contributed by atoms with Gasteiger partial charge in [-0.2, -0.15) is 0 Å². The monoisotopic (exact) mass is 387 g/mol. The van der Waals surface area contributed by atoms with Crippen molar-refractivity contribution in [3.05, 3.63) is 35.9 Å². The van der Waals surface area contributed by atoms with Crippen LogP contribution in [0, 0.1) is 0 Å². The molecule has 6 nitrogen and oxygen atoms in total. The highest BCUT2D eigenvalue weighted by atomic mass is 16.5. The molecule has 2 N–H and O–H groups in total. The molecule has 3 rings (SSSR count). The van der Waals surface area contributed by atoms with Crippen LogP contribution >= 0.6 is 0 Å². The summed E-state index contributed by atoms with van der Waals surface area (Å²) in [7, 11) is 0. The van der Waals surface area contributed by atoms with E-state index in [1.165, 1.54) is 17.0 Å². The van der Waals surface area contributed by atoms with Crippen molar-refractivity contribution in [2.45, 2.75) is 76.3 Å². The molecule has 1 aliphatic heterocycles. The van der Waals surface area contributed by atoms with Crippen molar-refractivity contribution in [2.75, 3.05) is 13.2 Å². The van der Waals surface area contributed by atoms with Crippen LogP contribution in [0.1, 0.15) is 63.4 Å². The zero-order valence-electron chi connectivity index (χ0n) is 16.7. The van der Waals surface area contributed by atoms with E-state index >= 15 is 0 Å². The molecule has 1 saturated carbocycles. The van der Waals surface area contributed by atoms with E-state index in [1.807, 2.05) is 18.2 Å². The summed E-state index contributed by atoms with van der Waals surface area (Å²) in [5.41, 5.74) is 4.38. The Morgan fingerprint density at radius 1 is 1.04 bits per heavy atom. The van der Waals surface area contributed by atoms with Gasteiger partial charge >= 0.3 is 12.0 Å². The first kappa shape index (κ1) is 20.6. The van der Waals surface area contributed by atoms with Gasteiger partial charge in [0.2, 0.25) is 0 Å². The van der Waals surface area contributed by atoms with E-state index < -0.39 is 6.04 Å². The predicted octanol–water partition coefficient (Wildman–Crippen LogP) is 3.56. The summed E-state index contributed by atoms with van der Waals surface area (Å²) in [6.45, 7) is 1.11. The summed E-state index contributed by atoms with van der Waals surface area (Å²) in [5, 5.41) is 4.55. The summed E-state index contributed by atoms with van der Waals surface area (Å²) < 4.78 is 5.49. The van der Waals surface area contributed by atoms with Crippen LogP contribution < -0.4 is 10.7 Å². The maximum atomic E-state index is 12.7. The number of hydrogen-bond acceptors (Lipinski definition) is 4. The van der Waals surface area contributed by atoms with Crippen LogP contribution in [0.2, 0.25) is 0 Å². The largest absolute Gasteiger partial charge is 0.464 e. The number of nitrogens with one attached hydrogen (secondary N) is 2. The fourth-order valence-corrected chi connectivity index (χ4v) is 4.01. The number of amides is 2. The first-order valence-electron chi connectivity index (χ1n) is 10.8. The molecule has 1 aromatic rings. The minimum absolute atomic E-state index is 0.197. The van der Waals surface area contributed by atoms with Crippen molar-refractivity contribution >= 4 is 12.0 Å². The topological polar surface area (TPSA) is 70.7 Å². The number of esters is 1. The van der Waals surface area contributed by atoms with Crippen molar-refractivity contribution in [1.29, 1.82) is 0 Å². The van der Waals surface area contributed by atoms with Gasteiger partial charge in [0, 0.05) is 12.6 Å². The zero-order valence-corrected chi connectivity index (χ0v) is 16.7. The smallest absolute Gasteiger partial charge is 0.332 e. The maximum Gasteiger partial charge on any atom is 0.332 e. The van der Waals surface area contributed by atoms with E-state index in [9.17, 15) is 9.59 Å². The third-order valence-electron chi connectivity index (χ3n) is 5.62. The van der Waals surface area contributed by atoms with Crippen LogP contribution in [0.5, 0.6) is 0 Å². The maximum absolute atomic E-state index is 12.7. The highest BCUT2D eigenvalue weighted by Gasteiger charge is 2.34. The summed E-state index contributed by atoms with van der Waals surface area (Å²) in [4.78, 5) is 25.2. The predicted molar refractivity (Wildman–Crippen MR) is 109 cm³/mol. The Hall–Kier alpha value is -2.08. The highest BCUT2D eigenvalue weighted by molar-refractivity contribution is 5.83. The number of nitrogens with zero attached hydrogens (tertiary/aromatic N) is 1. The molecule has 2 aliphatic rings. The first-order valence-corrected chi connectivity index (χ1v) is 10.8. The number of hydrogen-bond donors (Lipinski definition) is 2. The quantitative estimate of drug-likeness (QED) is 0.554. The number of ether oxygens (including phenoxy) is 1. The molecule has 1 aliphatic carbocycles. The zero-order chi connectivity index (χ0) is 19.6. The van der Waals surface area contributed by atoms with Gasteiger partial charge in [-0.1, -0.05) is 49.6 Å². The molecule has 28 heavy (non-hydrogen) atoms. The first-order chi connectivity index (χ1) is 13.7. The molecule has 0 radical (unpaired) electrons. The van der Waals surface area contributed by atoms with E-state index in [2.05, 4.69) is 22.9 Å². The third kappa shape index (κ3) is 6.23. The molecular weight excluding hydrogens is 354 g/mol. The lowest BCUT2D eigenvalue weighted by Crippen LogP contribution is -2.60. The van der Waals surface area contributed by atoms with Gasteiger partial charge in [0.1, 0.15) is 6.04 Å². The molecule has 6 heteroatoms. The van der Waals surface area contributed by atoms with Crippen molar-refractivity contribution in [3.8, 4) is 0 Å². The molecule has 2 amide bonds. The van der Waals surface area contributed by atoms with E-state index in [1.54, 1.807) is 0 Å². The number of urea groups is 1. The molecular formula is C22H33N3O3. The third-order valence-corrected chi connectivity index (χ3v) is 5.62. The number of hydrazine groups is 1. The van der Waals surface area contributed by atoms with Crippen molar-refractivity contribution in [1.82, 2.24) is 15.8 Å². The Bertz CT molecular complexity index is 617. The number of carbonyl (C=O) groups excluding carboxylic acids is 2. The van der Waals surface area contributed by atoms with Crippen LogP contribution in [-0.4, -0.2) is 42.2 Å². The van der Waals surface area contributed by atoms with Crippen molar-refractivity contribution in [2.24, 2.45) is 0 Å². The number of benzene rings is 1. The summed E-state index contributed by atoms with van der Waals surface area (Å²) in [5.74, 6) is -0.300. The number of aryl methyl sites for hydroxylation is 1. The van der Waals surface area contributed by atoms with Gasteiger partial charge < -0.3 is 10.1 Å². The average molecular weight is 388 g/mol. The number of rotatable bonds is 7. The lowest BCUT2D eigenvalue weighted by molar-refractivity contribution is -0.151. The fourth-order valence-electron chi connectivity index (χ4n) is 4.01. The lowest BCUT2D eigenvalue weighted by atomic mass is 9.96. The van der Waals surface area contributed by atoms with Crippen molar-refractivity contribution < 1.29 is 14.3 Å². The second-order valence-electron chi connectivity index (χ2n) is 7.83. The van der Waals surface area contributed by atoms with Crippen LogP contribution in [0.15, 0.2) is 30.3 Å². The summed E-state index contributed by atoms with van der Waals surface area (Å²) >= 11 is 0. The van der Waals surface area contributed by atoms with E-state index in [0.29, 0.717) is 19.6 Å². The van der Waals surface area contributed by atoms with Crippen LogP contribution in [0.3, 0.4) is 0 Å². The van der Waals surface area contributed by atoms with Crippen LogP contribution in [0.25, 0.3) is 0 Å². The van der Waals surface area contributed by atoms with E-state index in [4.69, 9.17) is 4.74 Å². The number of carbonyl (C=O) groups is 2. The molecule has 0 aromatic heterocycles. The fraction of sp³-hybridized carbons (Fsp3) is 0.636. The van der Waals surface area contributed by atoms with Gasteiger partial charge in [-0.05, 0) is 50.5 Å². The lowest BCUT2D eigenvalue weighted by Gasteiger charge is -2.36. The van der Waals surface area contributed by atoms with Gasteiger partial charge in [-0.3, -0.25) is 0 Å². The molecule has 0 spiro atoms. The molecule has 154 valence electrons. The average Bonchev–Trinajstić information content (AvgIpc) is 2.75. The van der Waals surface area contributed by atoms with Gasteiger partial charge in [0.25, 0.3) is 0 Å². The minimum atomic E-state index is -0.536. The van der Waals surface area contributed by atoms with Crippen LogP contribution in [-0.2, 0) is 16.0 Å². The molecule has 1 atom stereocenters. The summed E-state index contributed by atoms with van der Waals surface area (Å²) in [6.07, 6.45) is 9.91. The SMILES string of the molecule is O=C(OCCCCc1ccccc1)C1CCCNN1C(=O)NC1CCCCC1. The van der Waals surface area contributed by atoms with E-state index in [-0.39, 0.29) is 18.0 Å². The second-order valence-corrected chi connectivity index (χ2v) is 7.83. The minimum Gasteiger partial charge on any atom is -0.464 e. The molecule has 2 fully saturated rings. The summed E-state index contributed by atoms with van der Waals surface area (Å²) in [6, 6.07) is 9.81. The van der Waals surface area contributed by atoms with Gasteiger partial charge in [0.15, 0.2) is 0 Å². The van der Waals surface area contributed by atoms with Crippen LogP contribution in [0.4, 0.5) is 4.79 Å². The molecule has 1 heterocycles. The Morgan fingerprint density at radius 2 is 1.82 bits per heavy atom. The Balaban J connectivity index is 1.40. The normalized spacial score (nSPS) is 20.6.